The molecule has 8 heteroatoms. The van der Waals surface area contributed by atoms with Gasteiger partial charge in [-0.05, 0) is 49.4 Å². The molecule has 1 amide bonds. The highest BCUT2D eigenvalue weighted by molar-refractivity contribution is 5.91. The first-order valence-electron chi connectivity index (χ1n) is 12.2. The molecule has 2 N–H and O–H groups in total. The van der Waals surface area contributed by atoms with Crippen molar-refractivity contribution in [1.29, 1.82) is 0 Å². The van der Waals surface area contributed by atoms with Crippen molar-refractivity contribution in [3.63, 3.8) is 0 Å². The van der Waals surface area contributed by atoms with Crippen molar-refractivity contribution in [2.45, 2.75) is 38.2 Å². The van der Waals surface area contributed by atoms with Crippen LogP contribution in [0.2, 0.25) is 0 Å². The van der Waals surface area contributed by atoms with Crippen LogP contribution in [0.1, 0.15) is 42.7 Å². The Hall–Kier alpha value is -4.46. The molecule has 0 saturated heterocycles. The minimum Gasteiger partial charge on any atom is -0.481 e. The number of nitrogens with one attached hydrogen (secondary N) is 1. The molecule has 188 valence electrons. The summed E-state index contributed by atoms with van der Waals surface area (Å²) in [6.45, 7) is 3.64. The lowest BCUT2D eigenvalue weighted by Crippen LogP contribution is -2.19. The molecule has 0 aliphatic heterocycles. The van der Waals surface area contributed by atoms with E-state index in [0.29, 0.717) is 35.6 Å². The highest BCUT2D eigenvalue weighted by Gasteiger charge is 2.51. The molecule has 2 aromatic heterocycles. The molecule has 4 aromatic rings. The number of aromatic nitrogens is 3. The third-order valence-corrected chi connectivity index (χ3v) is 6.94. The van der Waals surface area contributed by atoms with Gasteiger partial charge < -0.3 is 9.84 Å². The molecule has 1 aliphatic rings. The largest absolute Gasteiger partial charge is 0.481 e. The molecule has 1 unspecified atom stereocenters. The number of carboxylic acids is 1. The average Bonchev–Trinajstić information content (AvgIpc) is 3.67. The Morgan fingerprint density at radius 3 is 2.30 bits per heavy atom. The van der Waals surface area contributed by atoms with Crippen molar-refractivity contribution in [2.24, 2.45) is 7.05 Å². The molecule has 0 spiro atoms. The van der Waals surface area contributed by atoms with E-state index in [1.54, 1.807) is 17.9 Å². The van der Waals surface area contributed by atoms with E-state index in [-0.39, 0.29) is 0 Å². The summed E-state index contributed by atoms with van der Waals surface area (Å²) in [5.74, 6) is -0.763. The van der Waals surface area contributed by atoms with Crippen LogP contribution in [0.4, 0.5) is 10.5 Å². The second-order valence-electron chi connectivity index (χ2n) is 9.41. The van der Waals surface area contributed by atoms with Gasteiger partial charge in [-0.1, -0.05) is 60.7 Å². The quantitative estimate of drug-likeness (QED) is 0.331. The van der Waals surface area contributed by atoms with Gasteiger partial charge in [0.15, 0.2) is 0 Å². The lowest BCUT2D eigenvalue weighted by atomic mass is 9.94. The fourth-order valence-corrected chi connectivity index (χ4v) is 4.62. The Bertz CT molecular complexity index is 1440. The minimum absolute atomic E-state index is 0.407. The first-order valence-corrected chi connectivity index (χ1v) is 12.2. The van der Waals surface area contributed by atoms with E-state index in [1.165, 1.54) is 0 Å². The summed E-state index contributed by atoms with van der Waals surface area (Å²) in [6.07, 6.45) is 2.14. The SMILES string of the molecule is Cc1nn(C)c(-c2ccc(-c3ccc(C4(C(=O)O)CC4)cc3)cn2)c1NC(=O)OC(C)c1ccccc1. The van der Waals surface area contributed by atoms with Crippen molar-refractivity contribution in [2.75, 3.05) is 5.32 Å². The van der Waals surface area contributed by atoms with Gasteiger partial charge in [0.25, 0.3) is 0 Å². The number of pyridine rings is 1. The van der Waals surface area contributed by atoms with Gasteiger partial charge in [-0.2, -0.15) is 5.10 Å². The zero-order chi connectivity index (χ0) is 26.2. The number of hydrogen-bond acceptors (Lipinski definition) is 5. The van der Waals surface area contributed by atoms with Gasteiger partial charge in [-0.3, -0.25) is 19.8 Å². The monoisotopic (exact) mass is 496 g/mol. The lowest BCUT2D eigenvalue weighted by molar-refractivity contribution is -0.140. The average molecular weight is 497 g/mol. The van der Waals surface area contributed by atoms with E-state index in [0.717, 1.165) is 22.3 Å². The van der Waals surface area contributed by atoms with Crippen LogP contribution >= 0.6 is 0 Å². The van der Waals surface area contributed by atoms with E-state index in [2.05, 4.69) is 15.4 Å². The number of nitrogens with zero attached hydrogens (tertiary/aromatic N) is 3. The molecule has 37 heavy (non-hydrogen) atoms. The molecule has 0 bridgehead atoms. The van der Waals surface area contributed by atoms with Crippen LogP contribution in [0, 0.1) is 6.92 Å². The van der Waals surface area contributed by atoms with E-state index in [9.17, 15) is 14.7 Å². The number of anilines is 1. The number of aliphatic carboxylic acids is 1. The van der Waals surface area contributed by atoms with Crippen molar-refractivity contribution in [3.8, 4) is 22.5 Å². The molecule has 2 aromatic carbocycles. The summed E-state index contributed by atoms with van der Waals surface area (Å²) in [6, 6.07) is 21.0. The van der Waals surface area contributed by atoms with Crippen LogP contribution in [0.25, 0.3) is 22.5 Å². The van der Waals surface area contributed by atoms with E-state index in [4.69, 9.17) is 4.74 Å². The second kappa shape index (κ2) is 9.54. The highest BCUT2D eigenvalue weighted by atomic mass is 16.6. The number of carbonyl (C=O) groups is 2. The molecular formula is C29H28N4O4. The van der Waals surface area contributed by atoms with Gasteiger partial charge in [0.1, 0.15) is 11.8 Å². The van der Waals surface area contributed by atoms with Gasteiger partial charge in [0, 0.05) is 18.8 Å². The zero-order valence-electron chi connectivity index (χ0n) is 20.9. The van der Waals surface area contributed by atoms with Gasteiger partial charge >= 0.3 is 12.1 Å². The fourth-order valence-electron chi connectivity index (χ4n) is 4.62. The molecule has 1 aliphatic carbocycles. The summed E-state index contributed by atoms with van der Waals surface area (Å²) < 4.78 is 7.26. The fraction of sp³-hybridized carbons (Fsp3) is 0.241. The summed E-state index contributed by atoms with van der Waals surface area (Å²) in [7, 11) is 1.80. The summed E-state index contributed by atoms with van der Waals surface area (Å²) in [5.41, 5.74) is 5.38. The van der Waals surface area contributed by atoms with E-state index >= 15 is 0 Å². The summed E-state index contributed by atoms with van der Waals surface area (Å²) in [4.78, 5) is 28.9. The van der Waals surface area contributed by atoms with Crippen molar-refractivity contribution in [1.82, 2.24) is 14.8 Å². The topological polar surface area (TPSA) is 106 Å². The number of hydrogen-bond donors (Lipinski definition) is 2. The van der Waals surface area contributed by atoms with Crippen LogP contribution < -0.4 is 5.32 Å². The maximum atomic E-state index is 12.7. The Morgan fingerprint density at radius 2 is 1.70 bits per heavy atom. The van der Waals surface area contributed by atoms with Crippen LogP contribution in [0.3, 0.4) is 0 Å². The number of carboxylic acid groups (broad SMARTS) is 1. The zero-order valence-corrected chi connectivity index (χ0v) is 20.9. The molecule has 0 radical (unpaired) electrons. The van der Waals surface area contributed by atoms with Crippen LogP contribution in [-0.4, -0.2) is 31.9 Å². The van der Waals surface area contributed by atoms with Crippen molar-refractivity contribution < 1.29 is 19.4 Å². The van der Waals surface area contributed by atoms with Crippen molar-refractivity contribution >= 4 is 17.7 Å². The van der Waals surface area contributed by atoms with Gasteiger partial charge in [-0.15, -0.1) is 0 Å². The Labute approximate surface area is 214 Å². The van der Waals surface area contributed by atoms with Gasteiger partial charge in [0.05, 0.1) is 22.5 Å². The number of rotatable bonds is 7. The predicted octanol–water partition coefficient (Wildman–Crippen LogP) is 5.88. The number of aryl methyl sites for hydroxylation is 2. The predicted molar refractivity (Wildman–Crippen MR) is 140 cm³/mol. The number of carbonyl (C=O) groups excluding carboxylic acids is 1. The Morgan fingerprint density at radius 1 is 1.03 bits per heavy atom. The standard InChI is InChI=1S/C29H28N4O4/c1-18-25(31-28(36)37-19(2)20-7-5-4-6-8-20)26(33(3)32-18)24-14-11-22(17-30-24)21-9-12-23(13-10-21)29(15-16-29)27(34)35/h4-14,17,19H,15-16H2,1-3H3,(H,31,36)(H,34,35). The molecule has 1 fully saturated rings. The van der Waals surface area contributed by atoms with Crippen LogP contribution in [0.5, 0.6) is 0 Å². The Balaban J connectivity index is 1.34. The number of benzene rings is 2. The molecule has 1 atom stereocenters. The van der Waals surface area contributed by atoms with Crippen LogP contribution in [0.15, 0.2) is 72.9 Å². The van der Waals surface area contributed by atoms with Crippen LogP contribution in [-0.2, 0) is 22.0 Å². The molecule has 2 heterocycles. The van der Waals surface area contributed by atoms with Gasteiger partial charge in [0.2, 0.25) is 0 Å². The van der Waals surface area contributed by atoms with Crippen molar-refractivity contribution in [3.05, 3.63) is 89.7 Å². The molecule has 5 rings (SSSR count). The first-order chi connectivity index (χ1) is 17.8. The summed E-state index contributed by atoms with van der Waals surface area (Å²) >= 11 is 0. The highest BCUT2D eigenvalue weighted by Crippen LogP contribution is 2.48. The smallest absolute Gasteiger partial charge is 0.412 e. The summed E-state index contributed by atoms with van der Waals surface area (Å²) in [5, 5.41) is 16.8. The third kappa shape index (κ3) is 4.70. The normalized spacial score (nSPS) is 14.6. The second-order valence-corrected chi connectivity index (χ2v) is 9.41. The Kier molecular flexibility index (Phi) is 6.25. The molecule has 8 nitrogen and oxygen atoms in total. The van der Waals surface area contributed by atoms with E-state index in [1.807, 2.05) is 80.6 Å². The van der Waals surface area contributed by atoms with Gasteiger partial charge in [-0.25, -0.2) is 4.79 Å². The number of amides is 1. The lowest BCUT2D eigenvalue weighted by Gasteiger charge is -2.15. The van der Waals surface area contributed by atoms with E-state index < -0.39 is 23.6 Å². The maximum absolute atomic E-state index is 12.7. The molecular weight excluding hydrogens is 468 g/mol. The number of ether oxygens (including phenoxy) is 1. The third-order valence-electron chi connectivity index (χ3n) is 6.94. The minimum atomic E-state index is -0.763. The maximum Gasteiger partial charge on any atom is 0.412 e. The molecule has 1 saturated carbocycles. The first kappa shape index (κ1) is 24.2.